The molecule has 1 heterocycles. The number of carbonyl (C=O) groups excluding carboxylic acids is 2. The highest BCUT2D eigenvalue weighted by Crippen LogP contribution is 2.34. The summed E-state index contributed by atoms with van der Waals surface area (Å²) in [5.41, 5.74) is 2.13. The molecule has 2 aliphatic carbocycles. The molecule has 1 aromatic carbocycles. The molecule has 5 nitrogen and oxygen atoms in total. The van der Waals surface area contributed by atoms with E-state index in [1.807, 2.05) is 42.5 Å². The van der Waals surface area contributed by atoms with Crippen LogP contribution < -0.4 is 10.1 Å². The van der Waals surface area contributed by atoms with Crippen LogP contribution >= 0.6 is 11.8 Å². The van der Waals surface area contributed by atoms with Gasteiger partial charge in [-0.2, -0.15) is 0 Å². The van der Waals surface area contributed by atoms with E-state index in [9.17, 15) is 9.59 Å². The summed E-state index contributed by atoms with van der Waals surface area (Å²) in [7, 11) is 1.62. The topological polar surface area (TPSA) is 67.8 Å². The second kappa shape index (κ2) is 9.04. The van der Waals surface area contributed by atoms with E-state index in [4.69, 9.17) is 4.74 Å². The molecule has 1 aliphatic heterocycles. The number of nitrogens with one attached hydrogen (secondary N) is 1. The zero-order chi connectivity index (χ0) is 21.1. The van der Waals surface area contributed by atoms with Gasteiger partial charge in [-0.3, -0.25) is 9.59 Å². The lowest BCUT2D eigenvalue weighted by Gasteiger charge is -2.30. The summed E-state index contributed by atoms with van der Waals surface area (Å²) in [4.78, 5) is 30.1. The van der Waals surface area contributed by atoms with Gasteiger partial charge in [-0.25, -0.2) is 4.99 Å². The lowest BCUT2D eigenvalue weighted by Crippen LogP contribution is -2.42. The Labute approximate surface area is 181 Å². The van der Waals surface area contributed by atoms with Gasteiger partial charge >= 0.3 is 0 Å². The van der Waals surface area contributed by atoms with E-state index in [-0.39, 0.29) is 23.1 Å². The molecule has 30 heavy (non-hydrogen) atoms. The number of hydrogen-bond donors (Lipinski definition) is 1. The smallest absolute Gasteiger partial charge is 0.283 e. The molecule has 0 saturated heterocycles. The van der Waals surface area contributed by atoms with Gasteiger partial charge in [0.15, 0.2) is 0 Å². The zero-order valence-corrected chi connectivity index (χ0v) is 18.1. The maximum absolute atomic E-state index is 12.7. The van der Waals surface area contributed by atoms with Crippen molar-refractivity contribution in [3.05, 3.63) is 58.5 Å². The van der Waals surface area contributed by atoms with Crippen LogP contribution in [-0.2, 0) is 9.59 Å². The Hall–Kier alpha value is -2.60. The van der Waals surface area contributed by atoms with Crippen LogP contribution in [0.5, 0.6) is 5.75 Å². The minimum absolute atomic E-state index is 0.0580. The van der Waals surface area contributed by atoms with Crippen molar-refractivity contribution < 1.29 is 14.3 Å². The summed E-state index contributed by atoms with van der Waals surface area (Å²) < 4.78 is 5.17. The normalized spacial score (nSPS) is 27.2. The molecule has 1 aromatic rings. The number of benzene rings is 1. The fraction of sp³-hybridized carbons (Fsp3) is 0.375. The van der Waals surface area contributed by atoms with Crippen LogP contribution in [0, 0.1) is 5.92 Å². The highest BCUT2D eigenvalue weighted by atomic mass is 32.2. The van der Waals surface area contributed by atoms with E-state index in [0.29, 0.717) is 22.1 Å². The van der Waals surface area contributed by atoms with Crippen LogP contribution in [0.25, 0.3) is 6.08 Å². The first-order chi connectivity index (χ1) is 14.5. The largest absolute Gasteiger partial charge is 0.497 e. The molecule has 6 heteroatoms. The van der Waals surface area contributed by atoms with E-state index in [2.05, 4.69) is 17.2 Å². The summed E-state index contributed by atoms with van der Waals surface area (Å²) in [6, 6.07) is 7.76. The van der Waals surface area contributed by atoms with Crippen molar-refractivity contribution in [2.45, 2.75) is 43.9 Å². The SMILES string of the molecule is COc1ccc(/C=C2/SC3C=CC(C(=O)NC4CCCCC4C)=CC3=NC2=O)cc1. The van der Waals surface area contributed by atoms with Gasteiger partial charge in [0.05, 0.1) is 23.0 Å². The first-order valence-corrected chi connectivity index (χ1v) is 11.3. The third-order valence-corrected chi connectivity index (χ3v) is 7.04. The van der Waals surface area contributed by atoms with Gasteiger partial charge in [-0.1, -0.05) is 44.1 Å². The van der Waals surface area contributed by atoms with Gasteiger partial charge in [0.25, 0.3) is 11.8 Å². The van der Waals surface area contributed by atoms with Crippen molar-refractivity contribution in [1.29, 1.82) is 0 Å². The molecule has 4 rings (SSSR count). The summed E-state index contributed by atoms with van der Waals surface area (Å²) in [5, 5.41) is 3.11. The Kier molecular flexibility index (Phi) is 6.23. The Bertz CT molecular complexity index is 959. The van der Waals surface area contributed by atoms with E-state index in [1.165, 1.54) is 18.2 Å². The molecule has 2 amide bonds. The summed E-state index contributed by atoms with van der Waals surface area (Å²) in [6.45, 7) is 2.20. The molecule has 0 aromatic heterocycles. The maximum atomic E-state index is 12.7. The number of fused-ring (bicyclic) bond motifs is 1. The number of ether oxygens (including phenoxy) is 1. The second-order valence-corrected chi connectivity index (χ2v) is 9.15. The standard InChI is InChI=1S/C24H26N2O3S/c1-15-5-3-4-6-19(15)25-23(27)17-9-12-21-20(14-17)26-24(28)22(30-21)13-16-7-10-18(29-2)11-8-16/h7-15,19,21H,3-6H2,1-2H3,(H,25,27)/b22-13+. The molecular formula is C24H26N2O3S. The van der Waals surface area contributed by atoms with E-state index in [0.717, 1.165) is 30.6 Å². The number of aliphatic imine (C=N–C) groups is 1. The maximum Gasteiger partial charge on any atom is 0.283 e. The number of thioether (sulfide) groups is 1. The van der Waals surface area contributed by atoms with E-state index in [1.54, 1.807) is 13.2 Å². The molecule has 0 radical (unpaired) electrons. The number of hydrogen-bond acceptors (Lipinski definition) is 4. The molecule has 3 aliphatic rings. The van der Waals surface area contributed by atoms with Gasteiger partial charge in [0.2, 0.25) is 0 Å². The summed E-state index contributed by atoms with van der Waals surface area (Å²) in [6.07, 6.45) is 12.0. The molecule has 1 N–H and O–H groups in total. The van der Waals surface area contributed by atoms with Crippen molar-refractivity contribution in [2.75, 3.05) is 7.11 Å². The molecule has 1 fully saturated rings. The Morgan fingerprint density at radius 2 is 2.00 bits per heavy atom. The molecule has 0 bridgehead atoms. The Balaban J connectivity index is 1.47. The van der Waals surface area contributed by atoms with Crippen molar-refractivity contribution in [3.63, 3.8) is 0 Å². The number of methoxy groups -OCH3 is 1. The van der Waals surface area contributed by atoms with E-state index >= 15 is 0 Å². The minimum Gasteiger partial charge on any atom is -0.497 e. The summed E-state index contributed by atoms with van der Waals surface area (Å²) in [5.74, 6) is 0.921. The minimum atomic E-state index is -0.269. The molecule has 3 atom stereocenters. The van der Waals surface area contributed by atoms with Gasteiger partial charge < -0.3 is 10.1 Å². The first-order valence-electron chi connectivity index (χ1n) is 10.4. The van der Waals surface area contributed by atoms with Crippen LogP contribution in [0.2, 0.25) is 0 Å². The van der Waals surface area contributed by atoms with Gasteiger partial charge in [0, 0.05) is 11.6 Å². The number of amides is 2. The highest BCUT2D eigenvalue weighted by molar-refractivity contribution is 8.05. The Morgan fingerprint density at radius 3 is 2.73 bits per heavy atom. The second-order valence-electron chi connectivity index (χ2n) is 7.96. The fourth-order valence-electron chi connectivity index (χ4n) is 4.01. The zero-order valence-electron chi connectivity index (χ0n) is 17.3. The first kappa shape index (κ1) is 20.7. The van der Waals surface area contributed by atoms with Crippen molar-refractivity contribution >= 4 is 35.4 Å². The van der Waals surface area contributed by atoms with Crippen LogP contribution in [0.4, 0.5) is 0 Å². The number of rotatable bonds is 4. The lowest BCUT2D eigenvalue weighted by atomic mass is 9.85. The Morgan fingerprint density at radius 1 is 1.23 bits per heavy atom. The van der Waals surface area contributed by atoms with Crippen molar-refractivity contribution in [2.24, 2.45) is 10.9 Å². The fourth-order valence-corrected chi connectivity index (χ4v) is 5.03. The number of carbonyl (C=O) groups is 2. The third kappa shape index (κ3) is 4.59. The number of nitrogens with zero attached hydrogens (tertiary/aromatic N) is 1. The molecule has 156 valence electrons. The van der Waals surface area contributed by atoms with Gasteiger partial charge in [-0.05, 0) is 48.6 Å². The summed E-state index contributed by atoms with van der Waals surface area (Å²) >= 11 is 1.46. The van der Waals surface area contributed by atoms with Crippen LogP contribution in [0.1, 0.15) is 38.2 Å². The molecule has 0 spiro atoms. The predicted octanol–water partition coefficient (Wildman–Crippen LogP) is 4.31. The molecule has 1 saturated carbocycles. The average Bonchev–Trinajstić information content (AvgIpc) is 2.76. The van der Waals surface area contributed by atoms with Gasteiger partial charge in [0.1, 0.15) is 5.75 Å². The van der Waals surface area contributed by atoms with E-state index < -0.39 is 0 Å². The quantitative estimate of drug-likeness (QED) is 0.734. The number of allylic oxidation sites excluding steroid dienone is 1. The third-order valence-electron chi connectivity index (χ3n) is 5.84. The van der Waals surface area contributed by atoms with Crippen molar-refractivity contribution in [3.8, 4) is 5.75 Å². The molecule has 3 unspecified atom stereocenters. The monoisotopic (exact) mass is 422 g/mol. The average molecular weight is 423 g/mol. The lowest BCUT2D eigenvalue weighted by molar-refractivity contribution is -0.118. The van der Waals surface area contributed by atoms with Crippen LogP contribution in [-0.4, -0.2) is 35.9 Å². The highest BCUT2D eigenvalue weighted by Gasteiger charge is 2.29. The van der Waals surface area contributed by atoms with Crippen LogP contribution in [0.15, 0.2) is 58.0 Å². The molecular weight excluding hydrogens is 396 g/mol. The van der Waals surface area contributed by atoms with Crippen molar-refractivity contribution in [1.82, 2.24) is 5.32 Å². The predicted molar refractivity (Wildman–Crippen MR) is 122 cm³/mol. The van der Waals surface area contributed by atoms with Crippen LogP contribution in [0.3, 0.4) is 0 Å². The van der Waals surface area contributed by atoms with Gasteiger partial charge in [-0.15, -0.1) is 11.8 Å².